The number of aryl methyl sites for hydroxylation is 2. The van der Waals surface area contributed by atoms with Crippen LogP contribution in [0.3, 0.4) is 0 Å². The van der Waals surface area contributed by atoms with Gasteiger partial charge in [-0.3, -0.25) is 9.10 Å². The Morgan fingerprint density at radius 2 is 1.72 bits per heavy atom. The van der Waals surface area contributed by atoms with E-state index in [1.807, 2.05) is 32.0 Å². The van der Waals surface area contributed by atoms with Crippen LogP contribution in [-0.2, 0) is 16.6 Å². The molecule has 0 aromatic heterocycles. The standard InChI is InChI=1S/C24H25FN2O4S/c1-16-5-6-17(2)22(13-16)26-24(28)18-7-12-23(31-3)19(14-18)15-27(32(4,29)30)21-10-8-20(25)9-11-21/h5-14H,15H2,1-4H3,(H,26,28). The number of hydrogen-bond acceptors (Lipinski definition) is 4. The molecule has 8 heteroatoms. The molecule has 3 aromatic carbocycles. The van der Waals surface area contributed by atoms with E-state index in [0.29, 0.717) is 28.3 Å². The molecule has 0 saturated heterocycles. The van der Waals surface area contributed by atoms with Crippen molar-refractivity contribution in [3.63, 3.8) is 0 Å². The van der Waals surface area contributed by atoms with E-state index in [-0.39, 0.29) is 12.5 Å². The number of hydrogen-bond donors (Lipinski definition) is 1. The zero-order valence-corrected chi connectivity index (χ0v) is 19.2. The van der Waals surface area contributed by atoms with Crippen molar-refractivity contribution in [2.75, 3.05) is 23.0 Å². The van der Waals surface area contributed by atoms with E-state index < -0.39 is 15.8 Å². The molecule has 32 heavy (non-hydrogen) atoms. The molecule has 0 bridgehead atoms. The second-order valence-electron chi connectivity index (χ2n) is 7.55. The molecule has 168 valence electrons. The molecule has 0 radical (unpaired) electrons. The summed E-state index contributed by atoms with van der Waals surface area (Å²) in [7, 11) is -2.22. The quantitative estimate of drug-likeness (QED) is 0.561. The Morgan fingerprint density at radius 3 is 2.34 bits per heavy atom. The number of amides is 1. The summed E-state index contributed by atoms with van der Waals surface area (Å²) < 4.78 is 44.8. The van der Waals surface area contributed by atoms with Gasteiger partial charge in [0.2, 0.25) is 10.0 Å². The molecule has 0 atom stereocenters. The molecule has 0 aliphatic heterocycles. The lowest BCUT2D eigenvalue weighted by atomic mass is 10.1. The maximum absolute atomic E-state index is 13.3. The third-order valence-corrected chi connectivity index (χ3v) is 6.15. The van der Waals surface area contributed by atoms with Crippen molar-refractivity contribution in [3.8, 4) is 5.75 Å². The average molecular weight is 457 g/mol. The fourth-order valence-corrected chi connectivity index (χ4v) is 4.15. The van der Waals surface area contributed by atoms with Gasteiger partial charge in [-0.25, -0.2) is 12.8 Å². The number of halogens is 1. The van der Waals surface area contributed by atoms with Gasteiger partial charge in [0.15, 0.2) is 0 Å². The second kappa shape index (κ2) is 9.40. The lowest BCUT2D eigenvalue weighted by Gasteiger charge is -2.24. The highest BCUT2D eigenvalue weighted by atomic mass is 32.2. The number of nitrogens with one attached hydrogen (secondary N) is 1. The minimum atomic E-state index is -3.69. The van der Waals surface area contributed by atoms with Crippen molar-refractivity contribution >= 4 is 27.3 Å². The number of ether oxygens (including phenoxy) is 1. The first kappa shape index (κ1) is 23.3. The number of sulfonamides is 1. The highest BCUT2D eigenvalue weighted by Crippen LogP contribution is 2.27. The summed E-state index contributed by atoms with van der Waals surface area (Å²) in [5, 5.41) is 2.90. The van der Waals surface area contributed by atoms with E-state index in [4.69, 9.17) is 4.74 Å². The van der Waals surface area contributed by atoms with Gasteiger partial charge < -0.3 is 10.1 Å². The highest BCUT2D eigenvalue weighted by molar-refractivity contribution is 7.92. The maximum atomic E-state index is 13.3. The average Bonchev–Trinajstić information content (AvgIpc) is 2.74. The summed E-state index contributed by atoms with van der Waals surface area (Å²) in [6.07, 6.45) is 1.07. The number of carbonyl (C=O) groups is 1. The highest BCUT2D eigenvalue weighted by Gasteiger charge is 2.21. The van der Waals surface area contributed by atoms with Gasteiger partial charge in [-0.1, -0.05) is 12.1 Å². The summed E-state index contributed by atoms with van der Waals surface area (Å²) in [5.74, 6) is -0.357. The molecule has 6 nitrogen and oxygen atoms in total. The number of carbonyl (C=O) groups excluding carboxylic acids is 1. The van der Waals surface area contributed by atoms with Gasteiger partial charge in [-0.2, -0.15) is 0 Å². The number of anilines is 2. The van der Waals surface area contributed by atoms with Crippen molar-refractivity contribution in [3.05, 3.63) is 88.7 Å². The third kappa shape index (κ3) is 5.45. The summed E-state index contributed by atoms with van der Waals surface area (Å²) in [4.78, 5) is 12.9. The largest absolute Gasteiger partial charge is 0.496 e. The van der Waals surface area contributed by atoms with Crippen LogP contribution >= 0.6 is 0 Å². The number of nitrogens with zero attached hydrogens (tertiary/aromatic N) is 1. The van der Waals surface area contributed by atoms with Crippen LogP contribution in [-0.4, -0.2) is 27.7 Å². The van der Waals surface area contributed by atoms with Gasteiger partial charge in [0.05, 0.1) is 25.6 Å². The Morgan fingerprint density at radius 1 is 1.03 bits per heavy atom. The van der Waals surface area contributed by atoms with Gasteiger partial charge in [0, 0.05) is 16.8 Å². The summed E-state index contributed by atoms with van der Waals surface area (Å²) in [6, 6.07) is 15.8. The molecule has 0 spiro atoms. The van der Waals surface area contributed by atoms with Crippen LogP contribution in [0, 0.1) is 19.7 Å². The van der Waals surface area contributed by atoms with Gasteiger partial charge in [-0.15, -0.1) is 0 Å². The van der Waals surface area contributed by atoms with Crippen LogP contribution in [0.25, 0.3) is 0 Å². The topological polar surface area (TPSA) is 75.7 Å². The minimum Gasteiger partial charge on any atom is -0.496 e. The van der Waals surface area contributed by atoms with E-state index in [9.17, 15) is 17.6 Å². The van der Waals surface area contributed by atoms with Crippen LogP contribution in [0.15, 0.2) is 60.7 Å². The Hall–Kier alpha value is -3.39. The van der Waals surface area contributed by atoms with E-state index in [1.54, 1.807) is 18.2 Å². The van der Waals surface area contributed by atoms with Crippen LogP contribution in [0.2, 0.25) is 0 Å². The van der Waals surface area contributed by atoms with E-state index in [1.165, 1.54) is 31.4 Å². The Balaban J connectivity index is 1.95. The van der Waals surface area contributed by atoms with Crippen LogP contribution in [0.5, 0.6) is 5.75 Å². The number of rotatable bonds is 7. The fourth-order valence-electron chi connectivity index (χ4n) is 3.27. The van der Waals surface area contributed by atoms with Crippen LogP contribution < -0.4 is 14.4 Å². The van der Waals surface area contributed by atoms with Gasteiger partial charge in [0.1, 0.15) is 11.6 Å². The molecule has 0 unspecified atom stereocenters. The van der Waals surface area contributed by atoms with Crippen molar-refractivity contribution in [1.82, 2.24) is 0 Å². The molecule has 0 fully saturated rings. The Kier molecular flexibility index (Phi) is 6.84. The smallest absolute Gasteiger partial charge is 0.255 e. The summed E-state index contributed by atoms with van der Waals surface area (Å²) in [6.45, 7) is 3.76. The van der Waals surface area contributed by atoms with Gasteiger partial charge in [-0.05, 0) is 73.5 Å². The Labute approximate surface area is 187 Å². The van der Waals surface area contributed by atoms with Crippen molar-refractivity contribution in [2.45, 2.75) is 20.4 Å². The lowest BCUT2D eigenvalue weighted by Crippen LogP contribution is -2.29. The predicted octanol–water partition coefficient (Wildman–Crippen LogP) is 4.67. The first-order valence-corrected chi connectivity index (χ1v) is 11.7. The van der Waals surface area contributed by atoms with Gasteiger partial charge in [0.25, 0.3) is 5.91 Å². The molecule has 1 amide bonds. The monoisotopic (exact) mass is 456 g/mol. The van der Waals surface area contributed by atoms with Gasteiger partial charge >= 0.3 is 0 Å². The number of methoxy groups -OCH3 is 1. The maximum Gasteiger partial charge on any atom is 0.255 e. The molecule has 3 rings (SSSR count). The molecule has 0 heterocycles. The SMILES string of the molecule is COc1ccc(C(=O)Nc2cc(C)ccc2C)cc1CN(c1ccc(F)cc1)S(C)(=O)=O. The minimum absolute atomic E-state index is 0.0851. The summed E-state index contributed by atoms with van der Waals surface area (Å²) in [5.41, 5.74) is 3.81. The van der Waals surface area contributed by atoms with E-state index in [2.05, 4.69) is 5.32 Å². The van der Waals surface area contributed by atoms with Crippen molar-refractivity contribution in [2.24, 2.45) is 0 Å². The fraction of sp³-hybridized carbons (Fsp3) is 0.208. The van der Waals surface area contributed by atoms with Crippen LogP contribution in [0.1, 0.15) is 27.0 Å². The summed E-state index contributed by atoms with van der Waals surface area (Å²) >= 11 is 0. The van der Waals surface area contributed by atoms with Crippen molar-refractivity contribution in [1.29, 1.82) is 0 Å². The molecule has 0 aliphatic rings. The molecule has 0 saturated carbocycles. The molecular formula is C24H25FN2O4S. The zero-order valence-electron chi connectivity index (χ0n) is 18.3. The first-order valence-electron chi connectivity index (χ1n) is 9.87. The lowest BCUT2D eigenvalue weighted by molar-refractivity contribution is 0.102. The zero-order chi connectivity index (χ0) is 23.5. The van der Waals surface area contributed by atoms with Crippen LogP contribution in [0.4, 0.5) is 15.8 Å². The molecule has 0 aliphatic carbocycles. The van der Waals surface area contributed by atoms with E-state index >= 15 is 0 Å². The molecule has 3 aromatic rings. The molecular weight excluding hydrogens is 431 g/mol. The second-order valence-corrected chi connectivity index (χ2v) is 9.45. The van der Waals surface area contributed by atoms with E-state index in [0.717, 1.165) is 21.7 Å². The molecule has 1 N–H and O–H groups in total. The first-order chi connectivity index (χ1) is 15.1. The number of benzene rings is 3. The Bertz CT molecular complexity index is 1240. The normalized spacial score (nSPS) is 11.2. The van der Waals surface area contributed by atoms with Crippen molar-refractivity contribution < 1.29 is 22.3 Å². The third-order valence-electron chi connectivity index (χ3n) is 5.01. The predicted molar refractivity (Wildman–Crippen MR) is 124 cm³/mol.